The van der Waals surface area contributed by atoms with E-state index < -0.39 is 0 Å². The summed E-state index contributed by atoms with van der Waals surface area (Å²) < 4.78 is 11.0. The van der Waals surface area contributed by atoms with Crippen LogP contribution in [0.4, 0.5) is 0 Å². The maximum atomic E-state index is 5.18. The summed E-state index contributed by atoms with van der Waals surface area (Å²) in [5.74, 6) is 6.64. The van der Waals surface area contributed by atoms with Crippen LogP contribution >= 0.6 is 0 Å². The molecule has 1 aromatic carbocycles. The van der Waals surface area contributed by atoms with Crippen molar-refractivity contribution >= 4 is 4.57 Å². The van der Waals surface area contributed by atoms with Gasteiger partial charge in [0.05, 0.1) is 0 Å². The van der Waals surface area contributed by atoms with Crippen molar-refractivity contribution in [3.63, 3.8) is 0 Å². The van der Waals surface area contributed by atoms with Gasteiger partial charge in [0.2, 0.25) is 0 Å². The van der Waals surface area contributed by atoms with Crippen LogP contribution in [0, 0.1) is 11.8 Å². The first kappa shape index (κ1) is 12.0. The second kappa shape index (κ2) is 6.43. The fraction of sp³-hybridized carbons (Fsp3) is 0.250. The van der Waals surface area contributed by atoms with Crippen LogP contribution in [0.5, 0.6) is 5.75 Å². The molecular weight excluding hydrogens is 228 g/mol. The molecule has 0 aliphatic heterocycles. The Bertz CT molecular complexity index is 402. The Hall–Kier alpha value is -1.06. The van der Waals surface area contributed by atoms with Crippen molar-refractivity contribution < 1.29 is 25.3 Å². The molecule has 1 aromatic rings. The van der Waals surface area contributed by atoms with Crippen molar-refractivity contribution in [2.45, 2.75) is 6.92 Å². The molecule has 0 spiro atoms. The normalized spacial score (nSPS) is 8.93. The molecule has 0 unspecified atom stereocenters. The number of para-hydroxylation sites is 1. The van der Waals surface area contributed by atoms with Gasteiger partial charge in [0, 0.05) is 0 Å². The second-order valence-corrected chi connectivity index (χ2v) is 3.25. The molecule has 15 heavy (non-hydrogen) atoms. The van der Waals surface area contributed by atoms with E-state index in [1.807, 2.05) is 31.2 Å². The fourth-order valence-electron chi connectivity index (χ4n) is 1.03. The summed E-state index contributed by atoms with van der Waals surface area (Å²) in [5.41, 5.74) is 0.854. The van der Waals surface area contributed by atoms with Crippen molar-refractivity contribution in [1.29, 1.82) is 0 Å². The molecule has 3 heteroatoms. The molecule has 1 rings (SSSR count). The molecule has 0 aromatic heterocycles. The number of ether oxygens (including phenoxy) is 2. The van der Waals surface area contributed by atoms with E-state index in [4.69, 9.17) is 9.47 Å². The van der Waals surface area contributed by atoms with Gasteiger partial charge in [0.15, 0.2) is 0 Å². The predicted molar refractivity (Wildman–Crippen MR) is 56.5 cm³/mol. The van der Waals surface area contributed by atoms with Crippen LogP contribution in [0.15, 0.2) is 24.3 Å². The molecule has 0 radical (unpaired) electrons. The van der Waals surface area contributed by atoms with Gasteiger partial charge in [0.1, 0.15) is 0 Å². The summed E-state index contributed by atoms with van der Waals surface area (Å²) in [4.78, 5) is 0. The number of rotatable bonds is 3. The fourth-order valence-corrected chi connectivity index (χ4v) is 1.30. The quantitative estimate of drug-likeness (QED) is 0.749. The van der Waals surface area contributed by atoms with Gasteiger partial charge in [-0.05, 0) is 0 Å². The van der Waals surface area contributed by atoms with Gasteiger partial charge >= 0.3 is 98.0 Å². The van der Waals surface area contributed by atoms with E-state index in [2.05, 4.69) is 27.7 Å². The van der Waals surface area contributed by atoms with Crippen molar-refractivity contribution in [2.24, 2.45) is 0 Å². The number of benzene rings is 1. The first-order valence-corrected chi connectivity index (χ1v) is 5.23. The third kappa shape index (κ3) is 3.90. The van der Waals surface area contributed by atoms with Gasteiger partial charge in [-0.15, -0.1) is 0 Å². The Morgan fingerprint density at radius 2 is 2.13 bits per heavy atom. The van der Waals surface area contributed by atoms with Crippen molar-refractivity contribution in [3.05, 3.63) is 29.8 Å². The molecule has 0 saturated heterocycles. The van der Waals surface area contributed by atoms with E-state index in [0.29, 0.717) is 11.2 Å². The number of methoxy groups -OCH3 is 1. The molecule has 0 aliphatic carbocycles. The van der Waals surface area contributed by atoms with Crippen LogP contribution in [0.25, 0.3) is 0 Å². The zero-order valence-corrected chi connectivity index (χ0v) is 10.0. The Labute approximate surface area is 98.2 Å². The molecule has 0 amide bonds. The summed E-state index contributed by atoms with van der Waals surface area (Å²) in [6, 6.07) is 7.62. The third-order valence-corrected chi connectivity index (χ3v) is 2.03. The Balaban J connectivity index is 2.83. The molecular formula is C12H12CrO2. The van der Waals surface area contributed by atoms with Gasteiger partial charge in [-0.25, -0.2) is 0 Å². The third-order valence-electron chi connectivity index (χ3n) is 1.68. The molecule has 0 bridgehead atoms. The Morgan fingerprint density at radius 3 is 2.80 bits per heavy atom. The van der Waals surface area contributed by atoms with Crippen LogP contribution in [-0.2, 0) is 20.6 Å². The summed E-state index contributed by atoms with van der Waals surface area (Å²) in [6.07, 6.45) is 0. The van der Waals surface area contributed by atoms with Crippen LogP contribution in [0.1, 0.15) is 12.5 Å². The molecule has 0 aliphatic rings. The molecule has 2 nitrogen and oxygen atoms in total. The average molecular weight is 240 g/mol. The van der Waals surface area contributed by atoms with Crippen molar-refractivity contribution in [1.82, 2.24) is 0 Å². The Kier molecular flexibility index (Phi) is 5.15. The predicted octanol–water partition coefficient (Wildman–Crippen LogP) is 1.76. The zero-order valence-electron chi connectivity index (χ0n) is 8.74. The zero-order chi connectivity index (χ0) is 11.1. The minimum atomic E-state index is 0.600. The van der Waals surface area contributed by atoms with Crippen molar-refractivity contribution in [3.8, 4) is 17.6 Å². The van der Waals surface area contributed by atoms with Crippen LogP contribution in [-0.4, -0.2) is 18.3 Å². The van der Waals surface area contributed by atoms with Crippen LogP contribution < -0.4 is 4.74 Å². The van der Waals surface area contributed by atoms with E-state index >= 15 is 0 Å². The first-order chi connectivity index (χ1) is 7.27. The SMILES string of the molecule is CCO[C](=[Cr])C#Cc1ccccc1OC. The molecule has 78 valence electrons. The molecule has 0 atom stereocenters. The van der Waals surface area contributed by atoms with Gasteiger partial charge in [-0.2, -0.15) is 0 Å². The van der Waals surface area contributed by atoms with Gasteiger partial charge in [-0.1, -0.05) is 0 Å². The molecule has 0 heterocycles. The van der Waals surface area contributed by atoms with E-state index in [0.717, 1.165) is 11.3 Å². The summed E-state index contributed by atoms with van der Waals surface area (Å²) in [7, 11) is 1.63. The molecule has 0 N–H and O–H groups in total. The van der Waals surface area contributed by atoms with Gasteiger partial charge in [0.25, 0.3) is 0 Å². The van der Waals surface area contributed by atoms with Gasteiger partial charge in [-0.3, -0.25) is 0 Å². The van der Waals surface area contributed by atoms with E-state index in [-0.39, 0.29) is 0 Å². The first-order valence-electron chi connectivity index (χ1n) is 4.59. The number of hydrogen-bond acceptors (Lipinski definition) is 2. The van der Waals surface area contributed by atoms with E-state index in [1.165, 1.54) is 0 Å². The summed E-state index contributed by atoms with van der Waals surface area (Å²) in [5, 5.41) is 0. The molecule has 0 saturated carbocycles. The van der Waals surface area contributed by atoms with Crippen LogP contribution in [0.2, 0.25) is 0 Å². The number of hydrogen-bond donors (Lipinski definition) is 0. The minimum absolute atomic E-state index is 0.600. The Morgan fingerprint density at radius 1 is 1.40 bits per heavy atom. The van der Waals surface area contributed by atoms with Crippen LogP contribution in [0.3, 0.4) is 0 Å². The van der Waals surface area contributed by atoms with E-state index in [1.54, 1.807) is 7.11 Å². The standard InChI is InChI=1S/C12H12O2.Cr/c1-3-14-10-6-8-11-7-4-5-9-12(11)13-2;/h4-5,7,9H,3H2,1-2H3;. The summed E-state index contributed by atoms with van der Waals surface area (Å²) in [6.45, 7) is 2.53. The maximum absolute atomic E-state index is 5.18. The van der Waals surface area contributed by atoms with E-state index in [9.17, 15) is 0 Å². The molecule has 0 fully saturated rings. The second-order valence-electron chi connectivity index (χ2n) is 2.67. The van der Waals surface area contributed by atoms with Crippen molar-refractivity contribution in [2.75, 3.05) is 13.7 Å². The topological polar surface area (TPSA) is 18.5 Å². The monoisotopic (exact) mass is 240 g/mol. The average Bonchev–Trinajstić information content (AvgIpc) is 2.27. The summed E-state index contributed by atoms with van der Waals surface area (Å²) >= 11 is 2.77. The van der Waals surface area contributed by atoms with Gasteiger partial charge < -0.3 is 0 Å².